The molecular weight excluding hydrogens is 350 g/mol. The first-order valence-electron chi connectivity index (χ1n) is 10.6. The fourth-order valence-electron chi connectivity index (χ4n) is 4.95. The van der Waals surface area contributed by atoms with E-state index >= 15 is 0 Å². The van der Waals surface area contributed by atoms with Crippen molar-refractivity contribution in [1.29, 1.82) is 0 Å². The Morgan fingerprint density at radius 1 is 1.25 bits per heavy atom. The summed E-state index contributed by atoms with van der Waals surface area (Å²) in [6.07, 6.45) is 9.20. The van der Waals surface area contributed by atoms with Crippen molar-refractivity contribution in [2.24, 2.45) is 10.9 Å². The third-order valence-corrected chi connectivity index (χ3v) is 6.30. The van der Waals surface area contributed by atoms with Crippen LogP contribution in [0.3, 0.4) is 0 Å². The van der Waals surface area contributed by atoms with Gasteiger partial charge < -0.3 is 4.98 Å². The quantitative estimate of drug-likeness (QED) is 0.864. The Kier molecular flexibility index (Phi) is 4.49. The maximum atomic E-state index is 13.3. The highest BCUT2D eigenvalue weighted by atomic mass is 16.2. The van der Waals surface area contributed by atoms with E-state index in [4.69, 9.17) is 9.98 Å². The molecule has 2 aromatic rings. The summed E-state index contributed by atoms with van der Waals surface area (Å²) >= 11 is 0. The molecule has 1 saturated carbocycles. The normalized spacial score (nSPS) is 24.4. The number of pyridine rings is 1. The van der Waals surface area contributed by atoms with E-state index in [1.54, 1.807) is 0 Å². The first kappa shape index (κ1) is 17.6. The van der Waals surface area contributed by atoms with Gasteiger partial charge in [-0.1, -0.05) is 25.8 Å². The van der Waals surface area contributed by atoms with Gasteiger partial charge in [-0.15, -0.1) is 0 Å². The molecule has 6 nitrogen and oxygen atoms in total. The molecule has 146 valence electrons. The van der Waals surface area contributed by atoms with Crippen LogP contribution in [0.25, 0.3) is 0 Å². The number of rotatable bonds is 5. The van der Waals surface area contributed by atoms with Gasteiger partial charge in [-0.3, -0.25) is 19.7 Å². The Labute approximate surface area is 165 Å². The van der Waals surface area contributed by atoms with Crippen LogP contribution in [0.15, 0.2) is 29.4 Å². The summed E-state index contributed by atoms with van der Waals surface area (Å²) in [6.45, 7) is 2.83. The van der Waals surface area contributed by atoms with Crippen LogP contribution in [0.4, 0.5) is 5.82 Å². The number of nitrogens with one attached hydrogen (secondary N) is 1. The number of imidazole rings is 1. The van der Waals surface area contributed by atoms with Crippen LogP contribution in [0.5, 0.6) is 0 Å². The fourth-order valence-corrected chi connectivity index (χ4v) is 4.95. The number of hydrogen-bond acceptors (Lipinski definition) is 4. The third-order valence-electron chi connectivity index (χ3n) is 6.30. The van der Waals surface area contributed by atoms with Crippen molar-refractivity contribution in [2.45, 2.75) is 63.8 Å². The Bertz CT molecular complexity index is 897. The molecule has 1 N–H and O–H groups in total. The van der Waals surface area contributed by atoms with Crippen molar-refractivity contribution in [3.63, 3.8) is 0 Å². The second-order valence-electron chi connectivity index (χ2n) is 8.27. The molecule has 28 heavy (non-hydrogen) atoms. The largest absolute Gasteiger partial charge is 0.339 e. The standard InChI is InChI=1S/C22H27N5O/c1-2-11-27-21-19(25-20(26-21)14-7-3-4-8-14)18-17(22(27)28)13-16(24-18)12-15-9-5-6-10-23-15/h5-6,9-10,14,16-17H,2-4,7-8,11-13H2,1H3,(H,25,26). The third kappa shape index (κ3) is 2.95. The molecule has 2 unspecified atom stereocenters. The number of aliphatic imine (C=N–C) groups is 1. The van der Waals surface area contributed by atoms with Gasteiger partial charge in [0.05, 0.1) is 17.7 Å². The lowest BCUT2D eigenvalue weighted by Gasteiger charge is -2.29. The summed E-state index contributed by atoms with van der Waals surface area (Å²) < 4.78 is 0. The number of fused-ring (bicyclic) bond motifs is 3. The molecule has 0 bridgehead atoms. The van der Waals surface area contributed by atoms with E-state index in [0.29, 0.717) is 5.92 Å². The molecule has 0 aromatic carbocycles. The Morgan fingerprint density at radius 2 is 2.11 bits per heavy atom. The fraction of sp³-hybridized carbons (Fsp3) is 0.545. The van der Waals surface area contributed by atoms with Gasteiger partial charge in [0.15, 0.2) is 5.82 Å². The molecule has 3 aliphatic rings. The number of aromatic nitrogens is 3. The zero-order valence-corrected chi connectivity index (χ0v) is 16.4. The smallest absolute Gasteiger partial charge is 0.237 e. The van der Waals surface area contributed by atoms with Crippen LogP contribution >= 0.6 is 0 Å². The highest BCUT2D eigenvalue weighted by Crippen LogP contribution is 2.40. The molecule has 0 radical (unpaired) electrons. The van der Waals surface area contributed by atoms with E-state index in [-0.39, 0.29) is 17.9 Å². The second-order valence-corrected chi connectivity index (χ2v) is 8.27. The van der Waals surface area contributed by atoms with E-state index in [1.807, 2.05) is 29.3 Å². The van der Waals surface area contributed by atoms with Crippen molar-refractivity contribution in [1.82, 2.24) is 15.0 Å². The van der Waals surface area contributed by atoms with E-state index in [2.05, 4.69) is 16.9 Å². The minimum atomic E-state index is -0.148. The molecule has 1 aliphatic carbocycles. The van der Waals surface area contributed by atoms with E-state index in [1.165, 1.54) is 25.7 Å². The number of hydrogen-bond donors (Lipinski definition) is 1. The predicted octanol–water partition coefficient (Wildman–Crippen LogP) is 3.64. The second kappa shape index (κ2) is 7.15. The van der Waals surface area contributed by atoms with Crippen LogP contribution in [0.2, 0.25) is 0 Å². The average Bonchev–Trinajstić information content (AvgIpc) is 3.44. The van der Waals surface area contributed by atoms with Crippen LogP contribution in [0, 0.1) is 5.92 Å². The molecule has 1 fully saturated rings. The van der Waals surface area contributed by atoms with Crippen LogP contribution < -0.4 is 4.90 Å². The lowest BCUT2D eigenvalue weighted by atomic mass is 9.91. The zero-order chi connectivity index (χ0) is 19.1. The zero-order valence-electron chi connectivity index (χ0n) is 16.4. The number of anilines is 1. The van der Waals surface area contributed by atoms with Gasteiger partial charge in [-0.05, 0) is 37.8 Å². The van der Waals surface area contributed by atoms with Crippen LogP contribution in [-0.2, 0) is 11.2 Å². The molecule has 2 aliphatic heterocycles. The molecule has 2 aromatic heterocycles. The van der Waals surface area contributed by atoms with Gasteiger partial charge in [0.1, 0.15) is 11.5 Å². The average molecular weight is 377 g/mol. The Morgan fingerprint density at radius 3 is 2.86 bits per heavy atom. The highest BCUT2D eigenvalue weighted by Gasteiger charge is 2.44. The molecule has 5 rings (SSSR count). The monoisotopic (exact) mass is 377 g/mol. The number of carbonyl (C=O) groups is 1. The van der Waals surface area contributed by atoms with E-state index in [0.717, 1.165) is 54.5 Å². The summed E-state index contributed by atoms with van der Waals surface area (Å²) in [7, 11) is 0. The summed E-state index contributed by atoms with van der Waals surface area (Å²) in [5.41, 5.74) is 2.94. The highest BCUT2D eigenvalue weighted by molar-refractivity contribution is 6.23. The van der Waals surface area contributed by atoms with Crippen molar-refractivity contribution >= 4 is 17.4 Å². The lowest BCUT2D eigenvalue weighted by molar-refractivity contribution is -0.120. The summed E-state index contributed by atoms with van der Waals surface area (Å²) in [5, 5.41) is 0. The Hall–Kier alpha value is -2.50. The summed E-state index contributed by atoms with van der Waals surface area (Å²) in [5.74, 6) is 2.37. The van der Waals surface area contributed by atoms with Gasteiger partial charge >= 0.3 is 0 Å². The van der Waals surface area contributed by atoms with Crippen LogP contribution in [0.1, 0.15) is 68.6 Å². The number of aromatic amines is 1. The number of H-pyrrole nitrogens is 1. The van der Waals surface area contributed by atoms with Gasteiger partial charge in [0.25, 0.3) is 0 Å². The molecular formula is C22H27N5O. The van der Waals surface area contributed by atoms with E-state index < -0.39 is 0 Å². The maximum Gasteiger partial charge on any atom is 0.237 e. The van der Waals surface area contributed by atoms with Gasteiger partial charge in [-0.25, -0.2) is 4.98 Å². The molecule has 6 heteroatoms. The SMILES string of the molecule is CCCN1C(=O)C2CC(Cc3ccccn3)N=C2c2[nH]c(C3CCCC3)nc21. The molecule has 0 saturated heterocycles. The number of amides is 1. The summed E-state index contributed by atoms with van der Waals surface area (Å²) in [4.78, 5) is 33.1. The van der Waals surface area contributed by atoms with Crippen molar-refractivity contribution in [2.75, 3.05) is 11.4 Å². The first-order valence-corrected chi connectivity index (χ1v) is 10.6. The van der Waals surface area contributed by atoms with Crippen molar-refractivity contribution < 1.29 is 4.79 Å². The number of nitrogens with zero attached hydrogens (tertiary/aromatic N) is 4. The first-order chi connectivity index (χ1) is 13.7. The summed E-state index contributed by atoms with van der Waals surface area (Å²) in [6, 6.07) is 6.07. The Balaban J connectivity index is 1.49. The molecule has 4 heterocycles. The van der Waals surface area contributed by atoms with Crippen molar-refractivity contribution in [3.8, 4) is 0 Å². The predicted molar refractivity (Wildman–Crippen MR) is 109 cm³/mol. The van der Waals surface area contributed by atoms with Gasteiger partial charge in [-0.2, -0.15) is 0 Å². The van der Waals surface area contributed by atoms with Gasteiger partial charge in [0, 0.05) is 30.8 Å². The van der Waals surface area contributed by atoms with Crippen molar-refractivity contribution in [3.05, 3.63) is 41.6 Å². The minimum Gasteiger partial charge on any atom is -0.339 e. The molecule has 0 spiro atoms. The molecule has 2 atom stereocenters. The minimum absolute atomic E-state index is 0.103. The van der Waals surface area contributed by atoms with Crippen LogP contribution in [-0.4, -0.2) is 39.2 Å². The molecule has 1 amide bonds. The lowest BCUT2D eigenvalue weighted by Crippen LogP contribution is -2.44. The maximum absolute atomic E-state index is 13.3. The topological polar surface area (TPSA) is 74.2 Å². The van der Waals surface area contributed by atoms with E-state index in [9.17, 15) is 4.79 Å². The van der Waals surface area contributed by atoms with Gasteiger partial charge in [0.2, 0.25) is 5.91 Å². The number of carbonyl (C=O) groups excluding carboxylic acids is 1.